The number of hydrogen-bond acceptors (Lipinski definition) is 8. The SMILES string of the molecule is CC(C)(C)OC(=O)N1C[C@@H]2C[C@H]1CN2c1ccc2ncnc(Nc3ccc(OCC4CC4)c(Br)c3F)c2n1. The van der Waals surface area contributed by atoms with Crippen molar-refractivity contribution in [1.29, 1.82) is 0 Å². The van der Waals surface area contributed by atoms with Crippen LogP contribution in [0.25, 0.3) is 11.0 Å². The molecule has 0 unspecified atom stereocenters. The molecule has 4 heterocycles. The van der Waals surface area contributed by atoms with Gasteiger partial charge in [0.05, 0.1) is 34.4 Å². The topological polar surface area (TPSA) is 92.7 Å². The quantitative estimate of drug-likeness (QED) is 0.397. The van der Waals surface area contributed by atoms with Gasteiger partial charge in [0.2, 0.25) is 0 Å². The number of likely N-dealkylation sites (tertiary alicyclic amines) is 1. The summed E-state index contributed by atoms with van der Waals surface area (Å²) in [7, 11) is 0. The molecule has 9 nitrogen and oxygen atoms in total. The van der Waals surface area contributed by atoms with E-state index in [1.54, 1.807) is 12.1 Å². The van der Waals surface area contributed by atoms with Crippen LogP contribution in [0.1, 0.15) is 40.0 Å². The fraction of sp³-hybridized carbons (Fsp3) is 0.481. The Morgan fingerprint density at radius 3 is 2.68 bits per heavy atom. The minimum Gasteiger partial charge on any atom is -0.492 e. The molecule has 3 fully saturated rings. The molecule has 6 rings (SSSR count). The van der Waals surface area contributed by atoms with Crippen molar-refractivity contribution in [2.45, 2.75) is 57.7 Å². The molecule has 1 saturated carbocycles. The van der Waals surface area contributed by atoms with Gasteiger partial charge in [-0.3, -0.25) is 0 Å². The van der Waals surface area contributed by atoms with Crippen molar-refractivity contribution >= 4 is 50.4 Å². The fourth-order valence-corrected chi connectivity index (χ4v) is 5.49. The zero-order valence-corrected chi connectivity index (χ0v) is 23.2. The number of nitrogens with zero attached hydrogens (tertiary/aromatic N) is 5. The molecule has 1 aromatic carbocycles. The van der Waals surface area contributed by atoms with Crippen LogP contribution in [-0.4, -0.2) is 63.3 Å². The third-order valence-electron chi connectivity index (χ3n) is 7.10. The number of fused-ring (bicyclic) bond motifs is 3. The summed E-state index contributed by atoms with van der Waals surface area (Å²) in [5.41, 5.74) is 0.924. The smallest absolute Gasteiger partial charge is 0.410 e. The molecule has 2 bridgehead atoms. The third kappa shape index (κ3) is 4.95. The lowest BCUT2D eigenvalue weighted by Crippen LogP contribution is -2.50. The number of aromatic nitrogens is 3. The van der Waals surface area contributed by atoms with Crippen LogP contribution in [0.15, 0.2) is 35.1 Å². The molecule has 2 aliphatic heterocycles. The second-order valence-corrected chi connectivity index (χ2v) is 12.0. The predicted molar refractivity (Wildman–Crippen MR) is 145 cm³/mol. The van der Waals surface area contributed by atoms with Gasteiger partial charge in [-0.2, -0.15) is 0 Å². The number of amides is 1. The summed E-state index contributed by atoms with van der Waals surface area (Å²) >= 11 is 3.34. The number of rotatable bonds is 6. The van der Waals surface area contributed by atoms with E-state index in [4.69, 9.17) is 14.5 Å². The number of ether oxygens (including phenoxy) is 2. The summed E-state index contributed by atoms with van der Waals surface area (Å²) in [6, 6.07) is 7.44. The van der Waals surface area contributed by atoms with E-state index in [0.717, 1.165) is 25.1 Å². The summed E-state index contributed by atoms with van der Waals surface area (Å²) in [6.45, 7) is 7.48. The number of pyridine rings is 1. The van der Waals surface area contributed by atoms with Gasteiger partial charge < -0.3 is 24.6 Å². The number of carbonyl (C=O) groups is 1. The molecule has 38 heavy (non-hydrogen) atoms. The molecule has 1 N–H and O–H groups in total. The maximum absolute atomic E-state index is 15.2. The van der Waals surface area contributed by atoms with Crippen molar-refractivity contribution in [3.05, 3.63) is 40.9 Å². The second-order valence-electron chi connectivity index (χ2n) is 11.2. The van der Waals surface area contributed by atoms with Gasteiger partial charge in [0.25, 0.3) is 0 Å². The zero-order chi connectivity index (χ0) is 26.6. The number of nitrogens with one attached hydrogen (secondary N) is 1. The minimum atomic E-state index is -0.527. The lowest BCUT2D eigenvalue weighted by atomic mass is 10.2. The lowest BCUT2D eigenvalue weighted by molar-refractivity contribution is 0.0214. The van der Waals surface area contributed by atoms with E-state index in [2.05, 4.69) is 36.1 Å². The number of anilines is 3. The Bertz CT molecular complexity index is 1400. The van der Waals surface area contributed by atoms with Crippen molar-refractivity contribution < 1.29 is 18.7 Å². The highest BCUT2D eigenvalue weighted by atomic mass is 79.9. The van der Waals surface area contributed by atoms with Crippen molar-refractivity contribution in [1.82, 2.24) is 19.9 Å². The third-order valence-corrected chi connectivity index (χ3v) is 7.84. The number of benzene rings is 1. The maximum Gasteiger partial charge on any atom is 0.410 e. The van der Waals surface area contributed by atoms with Gasteiger partial charge in [-0.15, -0.1) is 0 Å². The van der Waals surface area contributed by atoms with Gasteiger partial charge in [-0.25, -0.2) is 24.1 Å². The second kappa shape index (κ2) is 9.52. The molecule has 2 atom stereocenters. The van der Waals surface area contributed by atoms with Gasteiger partial charge in [0.1, 0.15) is 29.0 Å². The monoisotopic (exact) mass is 584 g/mol. The minimum absolute atomic E-state index is 0.0732. The van der Waals surface area contributed by atoms with Gasteiger partial charge in [0.15, 0.2) is 11.6 Å². The predicted octanol–water partition coefficient (Wildman–Crippen LogP) is 5.66. The number of carbonyl (C=O) groups excluding carboxylic acids is 1. The van der Waals surface area contributed by atoms with Crippen LogP contribution in [-0.2, 0) is 4.74 Å². The molecule has 0 radical (unpaired) electrons. The molecule has 2 aromatic heterocycles. The molecular formula is C27H30BrFN6O3. The first kappa shape index (κ1) is 25.1. The summed E-state index contributed by atoms with van der Waals surface area (Å²) in [5.74, 6) is 1.78. The Kier molecular flexibility index (Phi) is 6.28. The molecule has 0 spiro atoms. The van der Waals surface area contributed by atoms with E-state index >= 15 is 4.39 Å². The molecule has 11 heteroatoms. The van der Waals surface area contributed by atoms with E-state index in [9.17, 15) is 4.79 Å². The number of halogens is 2. The van der Waals surface area contributed by atoms with Gasteiger partial charge in [-0.05, 0) is 86.1 Å². The first-order valence-electron chi connectivity index (χ1n) is 12.9. The van der Waals surface area contributed by atoms with Crippen LogP contribution < -0.4 is 15.0 Å². The van der Waals surface area contributed by atoms with Crippen LogP contribution in [0, 0.1) is 11.7 Å². The van der Waals surface area contributed by atoms with Crippen molar-refractivity contribution in [2.24, 2.45) is 5.92 Å². The molecule has 2 saturated heterocycles. The Morgan fingerprint density at radius 1 is 1.16 bits per heavy atom. The highest BCUT2D eigenvalue weighted by Crippen LogP contribution is 2.38. The van der Waals surface area contributed by atoms with Crippen LogP contribution in [0.3, 0.4) is 0 Å². The Morgan fingerprint density at radius 2 is 1.97 bits per heavy atom. The highest BCUT2D eigenvalue weighted by Gasteiger charge is 2.47. The average Bonchev–Trinajstić information content (AvgIpc) is 3.48. The standard InChI is InChI=1S/C27H30BrFN6O3/c1-27(2,3)38-26(36)35-12-16-10-17(35)11-34(16)21-9-7-19-24(33-21)25(31-14-30-19)32-18-6-8-20(22(28)23(18)29)37-13-15-4-5-15/h6-9,14-17H,4-5,10-13H2,1-3H3,(H,30,31,32)/t16-,17-/m0/s1. The van der Waals surface area contributed by atoms with Crippen LogP contribution in [0.5, 0.6) is 5.75 Å². The van der Waals surface area contributed by atoms with Crippen LogP contribution >= 0.6 is 15.9 Å². The molecule has 3 aromatic rings. The van der Waals surface area contributed by atoms with Crippen molar-refractivity contribution in [3.8, 4) is 5.75 Å². The molecule has 1 amide bonds. The Balaban J connectivity index is 1.21. The van der Waals surface area contributed by atoms with E-state index in [-0.39, 0.29) is 28.3 Å². The summed E-state index contributed by atoms with van der Waals surface area (Å²) in [5, 5.41) is 3.09. The van der Waals surface area contributed by atoms with Gasteiger partial charge >= 0.3 is 6.09 Å². The highest BCUT2D eigenvalue weighted by molar-refractivity contribution is 9.10. The first-order chi connectivity index (χ1) is 18.2. The molecule has 1 aliphatic carbocycles. The van der Waals surface area contributed by atoms with E-state index in [0.29, 0.717) is 48.2 Å². The fourth-order valence-electron chi connectivity index (χ4n) is 5.03. The van der Waals surface area contributed by atoms with Gasteiger partial charge in [0, 0.05) is 13.1 Å². The summed E-state index contributed by atoms with van der Waals surface area (Å²) in [6.07, 6.45) is 4.35. The summed E-state index contributed by atoms with van der Waals surface area (Å²) < 4.78 is 26.8. The average molecular weight is 585 g/mol. The van der Waals surface area contributed by atoms with Crippen LogP contribution in [0.2, 0.25) is 0 Å². The number of piperazine rings is 1. The van der Waals surface area contributed by atoms with Gasteiger partial charge in [-0.1, -0.05) is 0 Å². The molecule has 3 aliphatic rings. The van der Waals surface area contributed by atoms with Crippen molar-refractivity contribution in [3.63, 3.8) is 0 Å². The molecular weight excluding hydrogens is 555 g/mol. The normalized spacial score (nSPS) is 20.8. The Hall–Kier alpha value is -3.21. The summed E-state index contributed by atoms with van der Waals surface area (Å²) in [4.78, 5) is 30.2. The largest absolute Gasteiger partial charge is 0.492 e. The zero-order valence-electron chi connectivity index (χ0n) is 21.6. The van der Waals surface area contributed by atoms with E-state index < -0.39 is 11.4 Å². The Labute approximate surface area is 228 Å². The van der Waals surface area contributed by atoms with E-state index in [1.165, 1.54) is 6.33 Å². The first-order valence-corrected chi connectivity index (χ1v) is 13.7. The van der Waals surface area contributed by atoms with Crippen molar-refractivity contribution in [2.75, 3.05) is 29.9 Å². The van der Waals surface area contributed by atoms with Crippen LogP contribution in [0.4, 0.5) is 26.5 Å². The molecule has 200 valence electrons. The van der Waals surface area contributed by atoms with E-state index in [1.807, 2.05) is 37.8 Å². The lowest BCUT2D eigenvalue weighted by Gasteiger charge is -2.35. The maximum atomic E-state index is 15.2. The number of hydrogen-bond donors (Lipinski definition) is 1.